The summed E-state index contributed by atoms with van der Waals surface area (Å²) in [6.07, 6.45) is 0.581. The molecule has 0 aliphatic rings. The highest BCUT2D eigenvalue weighted by molar-refractivity contribution is 5.75. The number of carbonyl (C=O) groups is 2. The molecule has 0 aromatic carbocycles. The first-order valence-electron chi connectivity index (χ1n) is 5.13. The van der Waals surface area contributed by atoms with E-state index < -0.39 is 5.97 Å². The Morgan fingerprint density at radius 2 is 1.93 bits per heavy atom. The van der Waals surface area contributed by atoms with E-state index >= 15 is 0 Å². The van der Waals surface area contributed by atoms with Gasteiger partial charge in [0.05, 0.1) is 6.42 Å². The van der Waals surface area contributed by atoms with Gasteiger partial charge in [0.1, 0.15) is 0 Å². The zero-order chi connectivity index (χ0) is 12.0. The molecular formula is C10H20N2O3. The number of nitrogens with one attached hydrogen (secondary N) is 1. The van der Waals surface area contributed by atoms with Gasteiger partial charge in [-0.2, -0.15) is 0 Å². The van der Waals surface area contributed by atoms with Crippen LogP contribution in [0.1, 0.15) is 33.6 Å². The van der Waals surface area contributed by atoms with Crippen molar-refractivity contribution < 1.29 is 14.7 Å². The smallest absolute Gasteiger partial charge is 0.317 e. The molecule has 0 spiro atoms. The standard InChI is InChI=1S/C10H20N2O3/c1-5-8(6-9(13)14)11-10(15)12(4)7(2)3/h7-8H,5-6H2,1-4H3,(H,11,15)(H,13,14). The van der Waals surface area contributed by atoms with Gasteiger partial charge in [-0.15, -0.1) is 0 Å². The Morgan fingerprint density at radius 1 is 1.40 bits per heavy atom. The summed E-state index contributed by atoms with van der Waals surface area (Å²) in [6, 6.07) is -0.415. The predicted molar refractivity (Wildman–Crippen MR) is 57.8 cm³/mol. The lowest BCUT2D eigenvalue weighted by Gasteiger charge is -2.24. The van der Waals surface area contributed by atoms with Crippen LogP contribution in [-0.4, -0.2) is 41.1 Å². The molecule has 0 heterocycles. The molecule has 0 fully saturated rings. The zero-order valence-electron chi connectivity index (χ0n) is 9.78. The first-order valence-corrected chi connectivity index (χ1v) is 5.13. The normalized spacial score (nSPS) is 12.3. The Morgan fingerprint density at radius 3 is 2.27 bits per heavy atom. The molecule has 0 saturated heterocycles. The van der Waals surface area contributed by atoms with Crippen LogP contribution in [0.25, 0.3) is 0 Å². The first-order chi connectivity index (χ1) is 6.88. The summed E-state index contributed by atoms with van der Waals surface area (Å²) in [7, 11) is 1.69. The maximum absolute atomic E-state index is 11.6. The van der Waals surface area contributed by atoms with Gasteiger partial charge >= 0.3 is 12.0 Å². The molecule has 0 aliphatic heterocycles. The third-order valence-electron chi connectivity index (χ3n) is 2.34. The number of rotatable bonds is 5. The number of urea groups is 1. The van der Waals surface area contributed by atoms with Gasteiger partial charge in [-0.3, -0.25) is 4.79 Å². The quantitative estimate of drug-likeness (QED) is 0.727. The van der Waals surface area contributed by atoms with Crippen LogP contribution in [0.2, 0.25) is 0 Å². The molecule has 2 N–H and O–H groups in total. The minimum Gasteiger partial charge on any atom is -0.481 e. The van der Waals surface area contributed by atoms with E-state index in [1.165, 1.54) is 0 Å². The maximum atomic E-state index is 11.6. The lowest BCUT2D eigenvalue weighted by Crippen LogP contribution is -2.46. The SMILES string of the molecule is CCC(CC(=O)O)NC(=O)N(C)C(C)C. The van der Waals surface area contributed by atoms with E-state index in [-0.39, 0.29) is 24.5 Å². The summed E-state index contributed by atoms with van der Waals surface area (Å²) < 4.78 is 0. The largest absolute Gasteiger partial charge is 0.481 e. The van der Waals surface area contributed by atoms with Gasteiger partial charge in [-0.05, 0) is 20.3 Å². The van der Waals surface area contributed by atoms with E-state index in [0.29, 0.717) is 6.42 Å². The van der Waals surface area contributed by atoms with Gasteiger partial charge in [-0.25, -0.2) is 4.79 Å². The van der Waals surface area contributed by atoms with Crippen LogP contribution in [0, 0.1) is 0 Å². The molecule has 0 bridgehead atoms. The van der Waals surface area contributed by atoms with Crippen LogP contribution in [0.15, 0.2) is 0 Å². The highest BCUT2D eigenvalue weighted by atomic mass is 16.4. The Kier molecular flexibility index (Phi) is 5.74. The molecule has 0 saturated carbocycles. The van der Waals surface area contributed by atoms with Crippen molar-refractivity contribution in [2.45, 2.75) is 45.7 Å². The number of nitrogens with zero attached hydrogens (tertiary/aromatic N) is 1. The second kappa shape index (κ2) is 6.27. The van der Waals surface area contributed by atoms with Crippen LogP contribution in [-0.2, 0) is 4.79 Å². The number of hydrogen-bond donors (Lipinski definition) is 2. The van der Waals surface area contributed by atoms with E-state index in [4.69, 9.17) is 5.11 Å². The summed E-state index contributed by atoms with van der Waals surface area (Å²) in [5, 5.41) is 11.3. The highest BCUT2D eigenvalue weighted by Crippen LogP contribution is 2.00. The molecule has 0 aliphatic carbocycles. The lowest BCUT2D eigenvalue weighted by atomic mass is 10.1. The van der Waals surface area contributed by atoms with Crippen molar-refractivity contribution in [3.05, 3.63) is 0 Å². The molecule has 0 aromatic heterocycles. The van der Waals surface area contributed by atoms with Gasteiger partial charge < -0.3 is 15.3 Å². The maximum Gasteiger partial charge on any atom is 0.317 e. The monoisotopic (exact) mass is 216 g/mol. The molecule has 0 aromatic rings. The summed E-state index contributed by atoms with van der Waals surface area (Å²) in [5.41, 5.74) is 0. The second-order valence-corrected chi connectivity index (χ2v) is 3.86. The van der Waals surface area contributed by atoms with E-state index in [2.05, 4.69) is 5.32 Å². The van der Waals surface area contributed by atoms with E-state index in [0.717, 1.165) is 0 Å². The van der Waals surface area contributed by atoms with Crippen molar-refractivity contribution in [3.8, 4) is 0 Å². The summed E-state index contributed by atoms with van der Waals surface area (Å²) in [4.78, 5) is 23.6. The van der Waals surface area contributed by atoms with Crippen LogP contribution >= 0.6 is 0 Å². The minimum atomic E-state index is -0.894. The number of carboxylic acids is 1. The van der Waals surface area contributed by atoms with E-state index in [1.54, 1.807) is 11.9 Å². The van der Waals surface area contributed by atoms with Crippen LogP contribution in [0.5, 0.6) is 0 Å². The van der Waals surface area contributed by atoms with Crippen molar-refractivity contribution in [2.75, 3.05) is 7.05 Å². The number of carbonyl (C=O) groups excluding carboxylic acids is 1. The minimum absolute atomic E-state index is 0.0336. The predicted octanol–water partition coefficient (Wildman–Crippen LogP) is 1.29. The average molecular weight is 216 g/mol. The molecule has 5 heteroatoms. The van der Waals surface area contributed by atoms with Gasteiger partial charge in [0, 0.05) is 19.1 Å². The average Bonchev–Trinajstić information content (AvgIpc) is 2.14. The topological polar surface area (TPSA) is 69.6 Å². The Bertz CT molecular complexity index is 229. The Hall–Kier alpha value is -1.26. The molecule has 2 amide bonds. The summed E-state index contributed by atoms with van der Waals surface area (Å²) >= 11 is 0. The van der Waals surface area contributed by atoms with Crippen molar-refractivity contribution >= 4 is 12.0 Å². The number of amides is 2. The third-order valence-corrected chi connectivity index (χ3v) is 2.34. The van der Waals surface area contributed by atoms with Crippen molar-refractivity contribution in [1.82, 2.24) is 10.2 Å². The highest BCUT2D eigenvalue weighted by Gasteiger charge is 2.17. The number of aliphatic carboxylic acids is 1. The Labute approximate surface area is 90.5 Å². The van der Waals surface area contributed by atoms with E-state index in [9.17, 15) is 9.59 Å². The van der Waals surface area contributed by atoms with Gasteiger partial charge in [0.25, 0.3) is 0 Å². The molecule has 0 rings (SSSR count). The first kappa shape index (κ1) is 13.7. The number of carboxylic acid groups (broad SMARTS) is 1. The van der Waals surface area contributed by atoms with Crippen LogP contribution in [0.3, 0.4) is 0 Å². The molecule has 1 unspecified atom stereocenters. The third kappa shape index (κ3) is 5.24. The fourth-order valence-electron chi connectivity index (χ4n) is 1.02. The van der Waals surface area contributed by atoms with Crippen molar-refractivity contribution in [3.63, 3.8) is 0 Å². The lowest BCUT2D eigenvalue weighted by molar-refractivity contribution is -0.137. The van der Waals surface area contributed by atoms with Gasteiger partial charge in [-0.1, -0.05) is 6.92 Å². The molecule has 88 valence electrons. The van der Waals surface area contributed by atoms with E-state index in [1.807, 2.05) is 20.8 Å². The number of hydrogen-bond acceptors (Lipinski definition) is 2. The fourth-order valence-corrected chi connectivity index (χ4v) is 1.02. The summed E-state index contributed by atoms with van der Waals surface area (Å²) in [5.74, 6) is -0.894. The molecule has 5 nitrogen and oxygen atoms in total. The van der Waals surface area contributed by atoms with Crippen LogP contribution < -0.4 is 5.32 Å². The van der Waals surface area contributed by atoms with Crippen LogP contribution in [0.4, 0.5) is 4.79 Å². The molecule has 15 heavy (non-hydrogen) atoms. The van der Waals surface area contributed by atoms with Crippen molar-refractivity contribution in [1.29, 1.82) is 0 Å². The zero-order valence-corrected chi connectivity index (χ0v) is 9.78. The van der Waals surface area contributed by atoms with Gasteiger partial charge in [0.2, 0.25) is 0 Å². The van der Waals surface area contributed by atoms with Gasteiger partial charge in [0.15, 0.2) is 0 Å². The second-order valence-electron chi connectivity index (χ2n) is 3.86. The summed E-state index contributed by atoms with van der Waals surface area (Å²) in [6.45, 7) is 5.65. The fraction of sp³-hybridized carbons (Fsp3) is 0.800. The molecular weight excluding hydrogens is 196 g/mol. The Balaban J connectivity index is 4.18. The molecule has 0 radical (unpaired) electrons. The van der Waals surface area contributed by atoms with Crippen molar-refractivity contribution in [2.24, 2.45) is 0 Å². The molecule has 1 atom stereocenters.